The molecular weight excluding hydrogens is 318 g/mol. The first-order valence-electron chi connectivity index (χ1n) is 7.71. The van der Waals surface area contributed by atoms with E-state index in [4.69, 9.17) is 0 Å². The van der Waals surface area contributed by atoms with Crippen LogP contribution < -0.4 is 10.6 Å². The Bertz CT molecular complexity index is 924. The maximum Gasteiger partial charge on any atom is 0.337 e. The normalized spacial score (nSPS) is 10.3. The molecule has 0 unspecified atom stereocenters. The lowest BCUT2D eigenvalue weighted by Gasteiger charge is -2.09. The summed E-state index contributed by atoms with van der Waals surface area (Å²) in [5, 5.41) is 7.85. The summed E-state index contributed by atoms with van der Waals surface area (Å²) < 4.78 is 4.68. The van der Waals surface area contributed by atoms with Crippen LogP contribution in [0.15, 0.2) is 60.9 Å². The van der Waals surface area contributed by atoms with Crippen molar-refractivity contribution in [1.29, 1.82) is 0 Å². The van der Waals surface area contributed by atoms with Gasteiger partial charge in [0.05, 0.1) is 19.2 Å². The molecule has 3 aromatic rings. The first kappa shape index (κ1) is 16.4. The van der Waals surface area contributed by atoms with Gasteiger partial charge in [0.15, 0.2) is 0 Å². The zero-order valence-corrected chi connectivity index (χ0v) is 13.7. The Morgan fingerprint density at radius 3 is 2.76 bits per heavy atom. The highest BCUT2D eigenvalue weighted by atomic mass is 16.5. The molecule has 1 amide bonds. The summed E-state index contributed by atoms with van der Waals surface area (Å²) in [5.41, 5.74) is 1.81. The zero-order valence-electron chi connectivity index (χ0n) is 13.7. The summed E-state index contributed by atoms with van der Waals surface area (Å²) in [6.07, 6.45) is 3.49. The monoisotopic (exact) mass is 335 g/mol. The van der Waals surface area contributed by atoms with Gasteiger partial charge in [-0.3, -0.25) is 9.78 Å². The first-order chi connectivity index (χ1) is 12.2. The minimum absolute atomic E-state index is 0.0823. The number of nitrogens with zero attached hydrogens (tertiary/aromatic N) is 1. The van der Waals surface area contributed by atoms with Crippen LogP contribution in [0.25, 0.3) is 10.8 Å². The topological polar surface area (TPSA) is 80.3 Å². The number of hydrogen-bond acceptors (Lipinski definition) is 5. The maximum atomic E-state index is 12.1. The van der Waals surface area contributed by atoms with Crippen molar-refractivity contribution in [3.8, 4) is 0 Å². The number of pyridine rings is 1. The summed E-state index contributed by atoms with van der Waals surface area (Å²) in [7, 11) is 1.33. The highest BCUT2D eigenvalue weighted by molar-refractivity contribution is 5.96. The van der Waals surface area contributed by atoms with Crippen LogP contribution in [0.5, 0.6) is 0 Å². The molecular formula is C19H17N3O3. The van der Waals surface area contributed by atoms with Gasteiger partial charge in [-0.05, 0) is 41.8 Å². The molecule has 0 atom stereocenters. The summed E-state index contributed by atoms with van der Waals surface area (Å²) in [6, 6.07) is 14.3. The van der Waals surface area contributed by atoms with Crippen LogP contribution in [0, 0.1) is 0 Å². The molecule has 6 heteroatoms. The van der Waals surface area contributed by atoms with Crippen molar-refractivity contribution in [2.45, 2.75) is 0 Å². The Labute approximate surface area is 144 Å². The number of carbonyl (C=O) groups is 2. The van der Waals surface area contributed by atoms with E-state index in [1.165, 1.54) is 7.11 Å². The van der Waals surface area contributed by atoms with Gasteiger partial charge in [-0.1, -0.05) is 12.1 Å². The highest BCUT2D eigenvalue weighted by Gasteiger charge is 2.07. The number of ether oxygens (including phenoxy) is 1. The minimum atomic E-state index is -0.418. The average Bonchev–Trinajstić information content (AvgIpc) is 2.66. The summed E-state index contributed by atoms with van der Waals surface area (Å²) in [4.78, 5) is 27.7. The van der Waals surface area contributed by atoms with E-state index in [-0.39, 0.29) is 12.5 Å². The predicted molar refractivity (Wildman–Crippen MR) is 96.6 cm³/mol. The van der Waals surface area contributed by atoms with E-state index >= 15 is 0 Å². The number of amides is 1. The van der Waals surface area contributed by atoms with E-state index in [0.29, 0.717) is 16.9 Å². The fraction of sp³-hybridized carbons (Fsp3) is 0.105. The highest BCUT2D eigenvalue weighted by Crippen LogP contribution is 2.18. The number of methoxy groups -OCH3 is 1. The van der Waals surface area contributed by atoms with Crippen molar-refractivity contribution in [2.75, 3.05) is 24.3 Å². The van der Waals surface area contributed by atoms with E-state index in [2.05, 4.69) is 20.4 Å². The third-order valence-corrected chi connectivity index (χ3v) is 3.66. The molecule has 0 aliphatic rings. The van der Waals surface area contributed by atoms with Gasteiger partial charge in [0, 0.05) is 29.2 Å². The van der Waals surface area contributed by atoms with Gasteiger partial charge in [0.2, 0.25) is 5.91 Å². The minimum Gasteiger partial charge on any atom is -0.465 e. The number of carbonyl (C=O) groups excluding carboxylic acids is 2. The van der Waals surface area contributed by atoms with Crippen molar-refractivity contribution < 1.29 is 14.3 Å². The third-order valence-electron chi connectivity index (χ3n) is 3.66. The number of anilines is 2. The first-order valence-corrected chi connectivity index (χ1v) is 7.71. The number of rotatable bonds is 5. The predicted octanol–water partition coefficient (Wildman–Crippen LogP) is 3.07. The fourth-order valence-electron chi connectivity index (χ4n) is 2.42. The van der Waals surface area contributed by atoms with Gasteiger partial charge >= 0.3 is 5.97 Å². The van der Waals surface area contributed by atoms with Crippen molar-refractivity contribution in [1.82, 2.24) is 4.98 Å². The van der Waals surface area contributed by atoms with Crippen LogP contribution in [0.2, 0.25) is 0 Å². The quantitative estimate of drug-likeness (QED) is 0.701. The van der Waals surface area contributed by atoms with E-state index in [1.807, 2.05) is 24.3 Å². The number of nitrogens with one attached hydrogen (secondary N) is 2. The van der Waals surface area contributed by atoms with Crippen LogP contribution in [-0.2, 0) is 9.53 Å². The van der Waals surface area contributed by atoms with Crippen LogP contribution in [0.4, 0.5) is 11.4 Å². The molecule has 0 aliphatic carbocycles. The second-order valence-electron chi connectivity index (χ2n) is 5.41. The molecule has 1 heterocycles. The van der Waals surface area contributed by atoms with Crippen LogP contribution in [0.3, 0.4) is 0 Å². The molecule has 0 saturated heterocycles. The molecule has 0 spiro atoms. The number of benzene rings is 2. The summed E-state index contributed by atoms with van der Waals surface area (Å²) in [5.74, 6) is -0.601. The molecule has 1 aromatic heterocycles. The molecule has 126 valence electrons. The second-order valence-corrected chi connectivity index (χ2v) is 5.41. The van der Waals surface area contributed by atoms with Crippen molar-refractivity contribution in [3.05, 3.63) is 66.5 Å². The zero-order chi connectivity index (χ0) is 17.6. The number of fused-ring (bicyclic) bond motifs is 1. The lowest BCUT2D eigenvalue weighted by atomic mass is 10.1. The van der Waals surface area contributed by atoms with Gasteiger partial charge in [0.25, 0.3) is 0 Å². The molecule has 6 nitrogen and oxygen atoms in total. The number of esters is 1. The second kappa shape index (κ2) is 7.44. The molecule has 0 aliphatic heterocycles. The average molecular weight is 335 g/mol. The van der Waals surface area contributed by atoms with Crippen LogP contribution in [0.1, 0.15) is 10.4 Å². The molecule has 0 saturated carbocycles. The van der Waals surface area contributed by atoms with Gasteiger partial charge in [-0.15, -0.1) is 0 Å². The van der Waals surface area contributed by atoms with Crippen molar-refractivity contribution in [2.24, 2.45) is 0 Å². The van der Waals surface area contributed by atoms with Crippen LogP contribution in [-0.4, -0.2) is 30.5 Å². The summed E-state index contributed by atoms with van der Waals surface area (Å²) >= 11 is 0. The van der Waals surface area contributed by atoms with Gasteiger partial charge < -0.3 is 15.4 Å². The molecule has 0 fully saturated rings. The SMILES string of the molecule is COC(=O)c1cccc(NCC(=O)Nc2ccc3cnccc3c2)c1. The Morgan fingerprint density at radius 1 is 1.04 bits per heavy atom. The van der Waals surface area contributed by atoms with E-state index < -0.39 is 5.97 Å². The van der Waals surface area contributed by atoms with E-state index in [1.54, 1.807) is 36.7 Å². The fourth-order valence-corrected chi connectivity index (χ4v) is 2.42. The molecule has 2 N–H and O–H groups in total. The van der Waals surface area contributed by atoms with Crippen molar-refractivity contribution >= 4 is 34.0 Å². The van der Waals surface area contributed by atoms with E-state index in [9.17, 15) is 9.59 Å². The maximum absolute atomic E-state index is 12.1. The lowest BCUT2D eigenvalue weighted by molar-refractivity contribution is -0.114. The van der Waals surface area contributed by atoms with Gasteiger partial charge in [-0.25, -0.2) is 4.79 Å². The molecule has 25 heavy (non-hydrogen) atoms. The van der Waals surface area contributed by atoms with E-state index in [0.717, 1.165) is 10.8 Å². The largest absolute Gasteiger partial charge is 0.465 e. The molecule has 0 bridgehead atoms. The number of hydrogen-bond donors (Lipinski definition) is 2. The molecule has 3 rings (SSSR count). The number of aromatic nitrogens is 1. The lowest BCUT2D eigenvalue weighted by Crippen LogP contribution is -2.21. The summed E-state index contributed by atoms with van der Waals surface area (Å²) in [6.45, 7) is 0.0823. The molecule has 0 radical (unpaired) electrons. The Hall–Kier alpha value is -3.41. The smallest absolute Gasteiger partial charge is 0.337 e. The Balaban J connectivity index is 1.61. The van der Waals surface area contributed by atoms with Crippen LogP contribution >= 0.6 is 0 Å². The standard InChI is InChI=1S/C19H17N3O3/c1-25-19(24)14-3-2-4-16(10-14)21-12-18(23)22-17-6-5-15-11-20-8-7-13(15)9-17/h2-11,21H,12H2,1H3,(H,22,23). The Morgan fingerprint density at radius 2 is 1.92 bits per heavy atom. The van der Waals surface area contributed by atoms with Crippen molar-refractivity contribution in [3.63, 3.8) is 0 Å². The van der Waals surface area contributed by atoms with Gasteiger partial charge in [-0.2, -0.15) is 0 Å². The molecule has 2 aromatic carbocycles. The third kappa shape index (κ3) is 4.11. The Kier molecular flexibility index (Phi) is 4.89. The van der Waals surface area contributed by atoms with Gasteiger partial charge in [0.1, 0.15) is 0 Å².